The topological polar surface area (TPSA) is 113 Å². The van der Waals surface area contributed by atoms with Crippen LogP contribution in [0.2, 0.25) is 0 Å². The fraction of sp³-hybridized carbons (Fsp3) is 0.562. The van der Waals surface area contributed by atoms with Gasteiger partial charge in [-0.3, -0.25) is 14.4 Å². The van der Waals surface area contributed by atoms with E-state index in [1.165, 1.54) is 6.07 Å². The summed E-state index contributed by atoms with van der Waals surface area (Å²) in [7, 11) is -6.64. The van der Waals surface area contributed by atoms with E-state index in [1.54, 1.807) is 18.2 Å². The molecule has 0 unspecified atom stereocenters. The van der Waals surface area contributed by atoms with Gasteiger partial charge in [-0.25, -0.2) is 16.8 Å². The Bertz CT molecular complexity index is 892. The smallest absolute Gasteiger partial charge is 0.251 e. The van der Waals surface area contributed by atoms with Crippen LogP contribution in [-0.2, 0) is 19.9 Å². The van der Waals surface area contributed by atoms with Crippen molar-refractivity contribution < 1.29 is 21.6 Å². The monoisotopic (exact) mass is 401 g/mol. The van der Waals surface area contributed by atoms with Crippen molar-refractivity contribution in [2.24, 2.45) is 0 Å². The zero-order chi connectivity index (χ0) is 18.9. The summed E-state index contributed by atoms with van der Waals surface area (Å²) >= 11 is 0. The number of sulfonamides is 1. The molecule has 2 aliphatic rings. The van der Waals surface area contributed by atoms with Crippen LogP contribution in [0, 0.1) is 0 Å². The number of sulfone groups is 1. The van der Waals surface area contributed by atoms with E-state index < -0.39 is 31.8 Å². The van der Waals surface area contributed by atoms with Crippen LogP contribution in [0.25, 0.3) is 0 Å². The fourth-order valence-electron chi connectivity index (χ4n) is 3.59. The minimum atomic E-state index is -3.44. The molecule has 0 aromatic heterocycles. The highest BCUT2D eigenvalue weighted by Gasteiger charge is 2.42. The van der Waals surface area contributed by atoms with Crippen molar-refractivity contribution in [3.63, 3.8) is 0 Å². The lowest BCUT2D eigenvalue weighted by atomic mass is 10.1. The first-order valence-corrected chi connectivity index (χ1v) is 12.2. The van der Waals surface area contributed by atoms with Crippen LogP contribution in [0.1, 0.15) is 23.2 Å². The predicted molar refractivity (Wildman–Crippen MR) is 99.4 cm³/mol. The second kappa shape index (κ2) is 7.16. The van der Waals surface area contributed by atoms with E-state index in [-0.39, 0.29) is 28.8 Å². The molecule has 2 saturated heterocycles. The predicted octanol–water partition coefficient (Wildman–Crippen LogP) is 0.0493. The summed E-state index contributed by atoms with van der Waals surface area (Å²) < 4.78 is 49.2. The summed E-state index contributed by atoms with van der Waals surface area (Å²) in [5.74, 6) is -0.414. The number of carbonyl (C=O) groups is 1. The van der Waals surface area contributed by atoms with E-state index in [0.717, 1.165) is 32.2 Å². The second-order valence-corrected chi connectivity index (χ2v) is 10.8. The van der Waals surface area contributed by atoms with E-state index in [2.05, 4.69) is 14.9 Å². The molecule has 2 aliphatic heterocycles. The van der Waals surface area contributed by atoms with Gasteiger partial charge in [-0.05, 0) is 44.1 Å². The number of nitrogens with one attached hydrogen (secondary N) is 2. The Morgan fingerprint density at radius 1 is 1.19 bits per heavy atom. The average Bonchev–Trinajstić information content (AvgIpc) is 3.13. The summed E-state index contributed by atoms with van der Waals surface area (Å²) in [5.41, 5.74) is 0.568. The molecule has 2 N–H and O–H groups in total. The molecule has 26 heavy (non-hydrogen) atoms. The third-order valence-electron chi connectivity index (χ3n) is 4.68. The van der Waals surface area contributed by atoms with Crippen LogP contribution < -0.4 is 10.0 Å². The van der Waals surface area contributed by atoms with Crippen LogP contribution in [0.5, 0.6) is 0 Å². The molecule has 0 spiro atoms. The number of amides is 1. The molecule has 1 amide bonds. The summed E-state index contributed by atoms with van der Waals surface area (Å²) in [4.78, 5) is 14.7. The first-order chi connectivity index (χ1) is 12.1. The molecule has 0 saturated carbocycles. The van der Waals surface area contributed by atoms with Gasteiger partial charge in [0.1, 0.15) is 0 Å². The maximum Gasteiger partial charge on any atom is 0.251 e. The molecular weight excluding hydrogens is 378 g/mol. The Kier molecular flexibility index (Phi) is 5.27. The van der Waals surface area contributed by atoms with Crippen molar-refractivity contribution in [1.82, 2.24) is 10.2 Å². The van der Waals surface area contributed by atoms with E-state index in [9.17, 15) is 21.6 Å². The Balaban J connectivity index is 1.75. The van der Waals surface area contributed by atoms with Crippen LogP contribution in [-0.4, -0.2) is 70.6 Å². The van der Waals surface area contributed by atoms with E-state index in [4.69, 9.17) is 0 Å². The van der Waals surface area contributed by atoms with Gasteiger partial charge in [0.2, 0.25) is 10.0 Å². The van der Waals surface area contributed by atoms with Gasteiger partial charge in [0.25, 0.3) is 5.91 Å². The molecule has 2 atom stereocenters. The van der Waals surface area contributed by atoms with Crippen molar-refractivity contribution >= 4 is 31.5 Å². The Morgan fingerprint density at radius 2 is 1.88 bits per heavy atom. The first-order valence-electron chi connectivity index (χ1n) is 8.46. The van der Waals surface area contributed by atoms with Gasteiger partial charge in [0.15, 0.2) is 9.84 Å². The molecule has 2 heterocycles. The number of rotatable bonds is 5. The highest BCUT2D eigenvalue weighted by molar-refractivity contribution is 7.92. The number of hydrogen-bond donors (Lipinski definition) is 2. The Morgan fingerprint density at radius 3 is 2.54 bits per heavy atom. The molecule has 0 aliphatic carbocycles. The standard InChI is InChI=1S/C16H23N3O5S2/c1-25(21,22)18-13-6-4-5-12(9-13)16(20)17-14-10-26(23,24)11-15(14)19-7-2-3-8-19/h4-6,9,14-15,18H,2-3,7-8,10-11H2,1H3,(H,17,20)/t14-,15+/m1/s1. The number of benzene rings is 1. The van der Waals surface area contributed by atoms with Gasteiger partial charge in [0.05, 0.1) is 23.8 Å². The van der Waals surface area contributed by atoms with Gasteiger partial charge in [-0.15, -0.1) is 0 Å². The van der Waals surface area contributed by atoms with Crippen LogP contribution in [0.15, 0.2) is 24.3 Å². The highest BCUT2D eigenvalue weighted by Crippen LogP contribution is 2.23. The average molecular weight is 402 g/mol. The summed E-state index contributed by atoms with van der Waals surface area (Å²) in [6, 6.07) is 5.46. The van der Waals surface area contributed by atoms with E-state index >= 15 is 0 Å². The molecule has 8 nitrogen and oxygen atoms in total. The lowest BCUT2D eigenvalue weighted by Crippen LogP contribution is -2.50. The summed E-state index contributed by atoms with van der Waals surface area (Å²) in [5, 5.41) is 2.83. The lowest BCUT2D eigenvalue weighted by molar-refractivity contribution is 0.0918. The van der Waals surface area contributed by atoms with Crippen LogP contribution in [0.4, 0.5) is 5.69 Å². The maximum atomic E-state index is 12.6. The minimum absolute atomic E-state index is 0.0631. The highest BCUT2D eigenvalue weighted by atomic mass is 32.2. The molecule has 10 heteroatoms. The first kappa shape index (κ1) is 19.1. The molecule has 1 aromatic carbocycles. The molecule has 0 radical (unpaired) electrons. The van der Waals surface area contributed by atoms with Crippen molar-refractivity contribution in [3.8, 4) is 0 Å². The summed E-state index contributed by atoms with van der Waals surface area (Å²) in [6.07, 6.45) is 3.11. The number of likely N-dealkylation sites (tertiary alicyclic amines) is 1. The number of hydrogen-bond acceptors (Lipinski definition) is 6. The normalized spacial score (nSPS) is 25.9. The van der Waals surface area contributed by atoms with Gasteiger partial charge in [0, 0.05) is 17.3 Å². The van der Waals surface area contributed by atoms with Crippen LogP contribution in [0.3, 0.4) is 0 Å². The molecular formula is C16H23N3O5S2. The number of nitrogens with zero attached hydrogens (tertiary/aromatic N) is 1. The van der Waals surface area contributed by atoms with Crippen molar-refractivity contribution in [1.29, 1.82) is 0 Å². The molecule has 1 aromatic rings. The van der Waals surface area contributed by atoms with E-state index in [1.807, 2.05) is 0 Å². The van der Waals surface area contributed by atoms with E-state index in [0.29, 0.717) is 0 Å². The van der Waals surface area contributed by atoms with Gasteiger partial charge >= 0.3 is 0 Å². The number of carbonyl (C=O) groups excluding carboxylic acids is 1. The third-order valence-corrected chi connectivity index (χ3v) is 7.00. The Hall–Kier alpha value is -1.65. The molecule has 2 fully saturated rings. The zero-order valence-electron chi connectivity index (χ0n) is 14.5. The van der Waals surface area contributed by atoms with Crippen molar-refractivity contribution in [2.75, 3.05) is 35.6 Å². The quantitative estimate of drug-likeness (QED) is 0.721. The molecule has 0 bridgehead atoms. The largest absolute Gasteiger partial charge is 0.347 e. The number of anilines is 1. The van der Waals surface area contributed by atoms with Crippen molar-refractivity contribution in [2.45, 2.75) is 24.9 Å². The van der Waals surface area contributed by atoms with Gasteiger partial charge < -0.3 is 5.32 Å². The summed E-state index contributed by atoms with van der Waals surface area (Å²) in [6.45, 7) is 1.70. The van der Waals surface area contributed by atoms with Crippen molar-refractivity contribution in [3.05, 3.63) is 29.8 Å². The Labute approximate surface area is 153 Å². The van der Waals surface area contributed by atoms with Gasteiger partial charge in [-0.2, -0.15) is 0 Å². The lowest BCUT2D eigenvalue weighted by Gasteiger charge is -2.28. The maximum absolute atomic E-state index is 12.6. The molecule has 144 valence electrons. The second-order valence-electron chi connectivity index (χ2n) is 6.92. The third kappa shape index (κ3) is 4.74. The van der Waals surface area contributed by atoms with Crippen LogP contribution >= 0.6 is 0 Å². The fourth-order valence-corrected chi connectivity index (χ4v) is 6.10. The molecule has 3 rings (SSSR count). The minimum Gasteiger partial charge on any atom is -0.347 e. The zero-order valence-corrected chi connectivity index (χ0v) is 16.1. The van der Waals surface area contributed by atoms with Gasteiger partial charge in [-0.1, -0.05) is 6.07 Å². The SMILES string of the molecule is CS(=O)(=O)Nc1cccc(C(=O)N[C@@H]2CS(=O)(=O)C[C@@H]2N2CCCC2)c1.